The van der Waals surface area contributed by atoms with Gasteiger partial charge in [0.25, 0.3) is 5.72 Å². The molecule has 2 aromatic carbocycles. The van der Waals surface area contributed by atoms with E-state index in [1.165, 1.54) is 37.4 Å². The van der Waals surface area contributed by atoms with Gasteiger partial charge in [-0.05, 0) is 42.7 Å². The van der Waals surface area contributed by atoms with Crippen LogP contribution >= 0.6 is 0 Å². The summed E-state index contributed by atoms with van der Waals surface area (Å²) in [4.78, 5) is 24.4. The summed E-state index contributed by atoms with van der Waals surface area (Å²) in [6.07, 6.45) is -3.27. The number of alkyl halides is 3. The van der Waals surface area contributed by atoms with Crippen molar-refractivity contribution in [2.24, 2.45) is 11.7 Å². The highest BCUT2D eigenvalue weighted by Gasteiger charge is 2.54. The van der Waals surface area contributed by atoms with Crippen molar-refractivity contribution in [3.05, 3.63) is 75.0 Å². The van der Waals surface area contributed by atoms with E-state index in [9.17, 15) is 28.1 Å². The van der Waals surface area contributed by atoms with E-state index in [1.807, 2.05) is 0 Å². The Hall–Kier alpha value is -3.40. The molecule has 31 heavy (non-hydrogen) atoms. The third-order valence-electron chi connectivity index (χ3n) is 5.31. The predicted molar refractivity (Wildman–Crippen MR) is 103 cm³/mol. The minimum Gasteiger partial charge on any atom is -0.490 e. The largest absolute Gasteiger partial charge is 0.490 e. The fourth-order valence-corrected chi connectivity index (χ4v) is 3.68. The van der Waals surface area contributed by atoms with Gasteiger partial charge in [-0.2, -0.15) is 13.2 Å². The molecule has 10 heteroatoms. The normalized spacial score (nSPS) is 21.3. The second-order valence-corrected chi connectivity index (χ2v) is 7.37. The number of nitro benzene ring substituents is 1. The van der Waals surface area contributed by atoms with Gasteiger partial charge in [0.2, 0.25) is 5.78 Å². The van der Waals surface area contributed by atoms with Crippen LogP contribution in [-0.4, -0.2) is 17.8 Å². The molecule has 2 aliphatic rings. The van der Waals surface area contributed by atoms with Crippen LogP contribution in [0.2, 0.25) is 0 Å². The fourth-order valence-electron chi connectivity index (χ4n) is 3.68. The highest BCUT2D eigenvalue weighted by molar-refractivity contribution is 6.27. The number of Topliss-reactive ketones (excluding diaryl/α,β-unsaturated/α-hetero) is 1. The van der Waals surface area contributed by atoms with E-state index in [2.05, 4.69) is 0 Å². The third-order valence-corrected chi connectivity index (χ3v) is 5.31. The second-order valence-electron chi connectivity index (χ2n) is 7.37. The number of nitrogens with two attached hydrogens (primary N) is 1. The van der Waals surface area contributed by atoms with Crippen molar-refractivity contribution in [1.29, 1.82) is 0 Å². The lowest BCUT2D eigenvalue weighted by atomic mass is 9.90. The van der Waals surface area contributed by atoms with Crippen LogP contribution in [-0.2, 0) is 21.4 Å². The van der Waals surface area contributed by atoms with E-state index in [-0.39, 0.29) is 34.1 Å². The summed E-state index contributed by atoms with van der Waals surface area (Å²) in [5, 5.41) is 11.7. The number of carbonyl (C=O) groups is 1. The lowest BCUT2D eigenvalue weighted by Gasteiger charge is -2.24. The van der Waals surface area contributed by atoms with Crippen LogP contribution < -0.4 is 10.5 Å². The number of methoxy groups -OCH3 is 1. The minimum atomic E-state index is -4.61. The topological polar surface area (TPSA) is 105 Å². The zero-order valence-electron chi connectivity index (χ0n) is 16.2. The van der Waals surface area contributed by atoms with Crippen molar-refractivity contribution >= 4 is 17.0 Å². The minimum absolute atomic E-state index is 0.000371. The molecule has 0 radical (unpaired) electrons. The Balaban J connectivity index is 1.87. The average Bonchev–Trinajstić information content (AvgIpc) is 3.53. The van der Waals surface area contributed by atoms with Gasteiger partial charge in [0.05, 0.1) is 23.2 Å². The van der Waals surface area contributed by atoms with Crippen molar-refractivity contribution in [2.75, 3.05) is 7.11 Å². The molecule has 1 atom stereocenters. The van der Waals surface area contributed by atoms with Gasteiger partial charge in [-0.25, -0.2) is 0 Å². The number of rotatable bonds is 5. The zero-order valence-corrected chi connectivity index (χ0v) is 16.2. The Morgan fingerprint density at radius 1 is 1.23 bits per heavy atom. The monoisotopic (exact) mass is 434 g/mol. The van der Waals surface area contributed by atoms with Crippen molar-refractivity contribution in [3.8, 4) is 5.75 Å². The highest BCUT2D eigenvalue weighted by atomic mass is 19.4. The van der Waals surface area contributed by atoms with Crippen LogP contribution in [0.4, 0.5) is 18.9 Å². The van der Waals surface area contributed by atoms with Crippen LogP contribution in [0.15, 0.2) is 48.2 Å². The van der Waals surface area contributed by atoms with Gasteiger partial charge in [0.15, 0.2) is 5.75 Å². The molecule has 0 amide bonds. The Labute approximate surface area is 174 Å². The van der Waals surface area contributed by atoms with Crippen LogP contribution in [0.1, 0.15) is 29.5 Å². The van der Waals surface area contributed by atoms with Gasteiger partial charge in [-0.3, -0.25) is 20.6 Å². The first-order chi connectivity index (χ1) is 14.6. The molecule has 162 valence electrons. The Morgan fingerprint density at radius 3 is 2.48 bits per heavy atom. The maximum Gasteiger partial charge on any atom is 0.416 e. The number of ether oxygens (including phenoxy) is 2. The first kappa shape index (κ1) is 20.9. The molecule has 0 bridgehead atoms. The number of ketones is 1. The highest BCUT2D eigenvalue weighted by Crippen LogP contribution is 2.51. The summed E-state index contributed by atoms with van der Waals surface area (Å²) in [6, 6.07) is 8.33. The molecule has 1 heterocycles. The molecule has 2 N–H and O–H groups in total. The van der Waals surface area contributed by atoms with E-state index in [0.717, 1.165) is 12.1 Å². The summed E-state index contributed by atoms with van der Waals surface area (Å²) in [7, 11) is 1.23. The van der Waals surface area contributed by atoms with Gasteiger partial charge in [-0.1, -0.05) is 18.2 Å². The van der Waals surface area contributed by atoms with E-state index in [1.54, 1.807) is 0 Å². The van der Waals surface area contributed by atoms with E-state index >= 15 is 0 Å². The molecule has 1 fully saturated rings. The van der Waals surface area contributed by atoms with Crippen LogP contribution in [0.3, 0.4) is 0 Å². The maximum absolute atomic E-state index is 13.5. The summed E-state index contributed by atoms with van der Waals surface area (Å²) in [6.45, 7) is 0. The van der Waals surface area contributed by atoms with Crippen LogP contribution in [0, 0.1) is 16.0 Å². The number of nitro groups is 1. The molecule has 1 aliphatic carbocycles. The first-order valence-corrected chi connectivity index (χ1v) is 9.34. The van der Waals surface area contributed by atoms with Crippen molar-refractivity contribution in [3.63, 3.8) is 0 Å². The fraction of sp³-hybridized carbons (Fsp3) is 0.286. The number of allylic oxidation sites excluding steroid dienone is 1. The quantitative estimate of drug-likeness (QED) is 0.560. The predicted octanol–water partition coefficient (Wildman–Crippen LogP) is 4.15. The standard InChI is InChI=1S/C21H17F3N2O5/c1-30-15-7-3-6-14(17(15)26(28)29)20(25)19(27)16(18(31-20)11-8-9-11)12-4-2-5-13(10-12)21(22,23)24/h2-7,10-11H,8-9,25H2,1H3. The molecular weight excluding hydrogens is 417 g/mol. The number of para-hydroxylation sites is 1. The van der Waals surface area contributed by atoms with Gasteiger partial charge in [0, 0.05) is 5.92 Å². The van der Waals surface area contributed by atoms with Crippen LogP contribution in [0.25, 0.3) is 5.57 Å². The van der Waals surface area contributed by atoms with E-state index in [4.69, 9.17) is 15.2 Å². The number of halogens is 3. The number of carbonyl (C=O) groups excluding carboxylic acids is 1. The molecule has 1 aliphatic heterocycles. The second kappa shape index (κ2) is 7.09. The zero-order chi connectivity index (χ0) is 22.6. The van der Waals surface area contributed by atoms with Crippen LogP contribution in [0.5, 0.6) is 5.75 Å². The molecular formula is C21H17F3N2O5. The average molecular weight is 434 g/mol. The molecule has 7 nitrogen and oxygen atoms in total. The Morgan fingerprint density at radius 2 is 1.90 bits per heavy atom. The van der Waals surface area contributed by atoms with Crippen molar-refractivity contribution in [2.45, 2.75) is 24.7 Å². The Kier molecular flexibility index (Phi) is 4.77. The molecule has 4 rings (SSSR count). The third kappa shape index (κ3) is 3.42. The first-order valence-electron chi connectivity index (χ1n) is 9.34. The van der Waals surface area contributed by atoms with Gasteiger partial charge in [-0.15, -0.1) is 0 Å². The van der Waals surface area contributed by atoms with Gasteiger partial charge >= 0.3 is 11.9 Å². The molecule has 2 aromatic rings. The molecule has 1 saturated carbocycles. The van der Waals surface area contributed by atoms with Gasteiger partial charge in [0.1, 0.15) is 11.3 Å². The molecule has 0 saturated heterocycles. The SMILES string of the molecule is COc1cccc(C2(N)OC(C3CC3)=C(c3cccc(C(F)(F)F)c3)C2=O)c1[N+](=O)[O-]. The summed E-state index contributed by atoms with van der Waals surface area (Å²) in [5.74, 6) is -0.998. The number of hydrogen-bond donors (Lipinski definition) is 1. The van der Waals surface area contributed by atoms with Crippen molar-refractivity contribution in [1.82, 2.24) is 0 Å². The van der Waals surface area contributed by atoms with E-state index in [0.29, 0.717) is 12.8 Å². The smallest absolute Gasteiger partial charge is 0.416 e. The number of hydrogen-bond acceptors (Lipinski definition) is 6. The molecule has 1 unspecified atom stereocenters. The number of nitrogens with zero attached hydrogens (tertiary/aromatic N) is 1. The summed E-state index contributed by atoms with van der Waals surface area (Å²) >= 11 is 0. The lowest BCUT2D eigenvalue weighted by Crippen LogP contribution is -2.44. The lowest BCUT2D eigenvalue weighted by molar-refractivity contribution is -0.387. The van der Waals surface area contributed by atoms with Crippen molar-refractivity contribution < 1.29 is 32.4 Å². The number of benzene rings is 2. The van der Waals surface area contributed by atoms with E-state index < -0.39 is 33.9 Å². The Bertz CT molecular complexity index is 1120. The maximum atomic E-state index is 13.5. The molecule has 0 spiro atoms. The van der Waals surface area contributed by atoms with Gasteiger partial charge < -0.3 is 9.47 Å². The summed E-state index contributed by atoms with van der Waals surface area (Å²) < 4.78 is 50.5. The summed E-state index contributed by atoms with van der Waals surface area (Å²) in [5.41, 5.74) is 2.24. The molecule has 0 aromatic heterocycles.